The summed E-state index contributed by atoms with van der Waals surface area (Å²) in [7, 11) is 1.94. The molecule has 1 aromatic carbocycles. The normalized spacial score (nSPS) is 12.0. The van der Waals surface area contributed by atoms with Crippen LogP contribution in [0, 0.1) is 6.92 Å². The first-order chi connectivity index (χ1) is 14.0. The van der Waals surface area contributed by atoms with Crippen molar-refractivity contribution >= 4 is 28.6 Å². The van der Waals surface area contributed by atoms with E-state index in [1.165, 1.54) is 0 Å². The Bertz CT molecular complexity index is 1180. The van der Waals surface area contributed by atoms with Crippen molar-refractivity contribution in [2.75, 3.05) is 10.6 Å². The molecule has 2 N–H and O–H groups in total. The molecular weight excluding hydrogens is 364 g/mol. The minimum Gasteiger partial charge on any atom is -0.362 e. The van der Waals surface area contributed by atoms with E-state index >= 15 is 0 Å². The zero-order chi connectivity index (χ0) is 20.4. The highest BCUT2D eigenvalue weighted by Crippen LogP contribution is 2.22. The van der Waals surface area contributed by atoms with Crippen LogP contribution in [-0.4, -0.2) is 25.4 Å². The van der Waals surface area contributed by atoms with Gasteiger partial charge in [-0.1, -0.05) is 12.1 Å². The van der Waals surface area contributed by atoms with Gasteiger partial charge in [-0.2, -0.15) is 0 Å². The first-order valence-electron chi connectivity index (χ1n) is 9.37. The molecule has 3 heterocycles. The van der Waals surface area contributed by atoms with Crippen LogP contribution in [-0.2, 0) is 7.05 Å². The van der Waals surface area contributed by atoms with Crippen LogP contribution in [0.5, 0.6) is 0 Å². The number of rotatable bonds is 5. The molecule has 4 rings (SSSR count). The van der Waals surface area contributed by atoms with Gasteiger partial charge in [0.1, 0.15) is 11.3 Å². The van der Waals surface area contributed by atoms with Gasteiger partial charge in [-0.15, -0.1) is 0 Å². The highest BCUT2D eigenvalue weighted by molar-refractivity contribution is 6.04. The number of nitrogens with zero attached hydrogens (tertiary/aromatic N) is 4. The van der Waals surface area contributed by atoms with Crippen molar-refractivity contribution in [1.29, 1.82) is 0 Å². The second kappa shape index (κ2) is 7.71. The third kappa shape index (κ3) is 4.08. The Morgan fingerprint density at radius 3 is 2.83 bits per heavy atom. The fourth-order valence-corrected chi connectivity index (χ4v) is 3.16. The van der Waals surface area contributed by atoms with Gasteiger partial charge in [-0.3, -0.25) is 9.78 Å². The van der Waals surface area contributed by atoms with Crippen LogP contribution in [0.1, 0.15) is 34.5 Å². The van der Waals surface area contributed by atoms with E-state index in [1.807, 2.05) is 68.1 Å². The Morgan fingerprint density at radius 2 is 2.00 bits per heavy atom. The van der Waals surface area contributed by atoms with Crippen LogP contribution in [0.25, 0.3) is 11.2 Å². The van der Waals surface area contributed by atoms with E-state index < -0.39 is 0 Å². The summed E-state index contributed by atoms with van der Waals surface area (Å²) in [6.07, 6.45) is 6.96. The largest absolute Gasteiger partial charge is 0.362 e. The maximum atomic E-state index is 12.5. The first-order valence-corrected chi connectivity index (χ1v) is 9.37. The van der Waals surface area contributed by atoms with Gasteiger partial charge in [-0.25, -0.2) is 9.97 Å². The lowest BCUT2D eigenvalue weighted by Crippen LogP contribution is -2.13. The van der Waals surface area contributed by atoms with E-state index in [1.54, 1.807) is 18.6 Å². The Morgan fingerprint density at radius 1 is 1.14 bits per heavy atom. The van der Waals surface area contributed by atoms with Crippen LogP contribution in [0.3, 0.4) is 0 Å². The molecule has 0 saturated heterocycles. The number of hydrogen-bond acceptors (Lipinski definition) is 5. The minimum absolute atomic E-state index is 0.0143. The zero-order valence-electron chi connectivity index (χ0n) is 16.5. The molecule has 7 nitrogen and oxygen atoms in total. The van der Waals surface area contributed by atoms with E-state index in [0.29, 0.717) is 11.4 Å². The molecule has 0 aliphatic rings. The third-order valence-electron chi connectivity index (χ3n) is 4.72. The number of pyridine rings is 1. The average Bonchev–Trinajstić information content (AvgIpc) is 3.08. The molecule has 1 unspecified atom stereocenters. The van der Waals surface area contributed by atoms with Gasteiger partial charge in [0.05, 0.1) is 17.8 Å². The highest BCUT2D eigenvalue weighted by Gasteiger charge is 2.11. The molecule has 0 fully saturated rings. The number of hydrogen-bond donors (Lipinski definition) is 2. The van der Waals surface area contributed by atoms with Gasteiger partial charge in [0.15, 0.2) is 5.65 Å². The molecule has 1 amide bonds. The monoisotopic (exact) mass is 386 g/mol. The van der Waals surface area contributed by atoms with E-state index in [9.17, 15) is 4.79 Å². The Kier molecular flexibility index (Phi) is 4.95. The number of fused-ring (bicyclic) bond motifs is 1. The van der Waals surface area contributed by atoms with Crippen LogP contribution >= 0.6 is 0 Å². The fourth-order valence-electron chi connectivity index (χ4n) is 3.16. The molecule has 7 heteroatoms. The second-order valence-electron chi connectivity index (χ2n) is 7.09. The summed E-state index contributed by atoms with van der Waals surface area (Å²) in [6, 6.07) is 11.5. The number of amides is 1. The van der Waals surface area contributed by atoms with Crippen molar-refractivity contribution in [3.8, 4) is 0 Å². The van der Waals surface area contributed by atoms with Crippen molar-refractivity contribution in [3.63, 3.8) is 0 Å². The predicted molar refractivity (Wildman–Crippen MR) is 114 cm³/mol. The van der Waals surface area contributed by atoms with Gasteiger partial charge in [0, 0.05) is 31.3 Å². The average molecular weight is 386 g/mol. The lowest BCUT2D eigenvalue weighted by atomic mass is 10.1. The molecular formula is C22H22N6O. The molecule has 0 radical (unpaired) electrons. The quantitative estimate of drug-likeness (QED) is 0.539. The highest BCUT2D eigenvalue weighted by atomic mass is 16.1. The van der Waals surface area contributed by atoms with Gasteiger partial charge in [0.25, 0.3) is 5.91 Å². The number of nitrogens with one attached hydrogen (secondary N) is 2. The molecule has 0 aliphatic heterocycles. The minimum atomic E-state index is -0.181. The van der Waals surface area contributed by atoms with E-state index in [-0.39, 0.29) is 11.9 Å². The number of anilines is 2. The lowest BCUT2D eigenvalue weighted by Gasteiger charge is -2.16. The number of carbonyl (C=O) groups is 1. The standard InChI is InChI=1S/C22H22N6O/c1-14-9-17(12-23-11-14)22(29)26-18-6-4-5-16(10-18)15(2)25-20-13-24-19-7-8-28(3)21(19)27-20/h4-13,15H,1-3H3,(H,25,27)(H,26,29). The van der Waals surface area contributed by atoms with Crippen molar-refractivity contribution in [3.05, 3.63) is 77.9 Å². The van der Waals surface area contributed by atoms with E-state index in [0.717, 1.165) is 28.0 Å². The van der Waals surface area contributed by atoms with Crippen molar-refractivity contribution in [2.45, 2.75) is 19.9 Å². The third-order valence-corrected chi connectivity index (χ3v) is 4.72. The van der Waals surface area contributed by atoms with Crippen LogP contribution in [0.4, 0.5) is 11.5 Å². The number of carbonyl (C=O) groups excluding carboxylic acids is 1. The summed E-state index contributed by atoms with van der Waals surface area (Å²) in [6.45, 7) is 3.95. The van der Waals surface area contributed by atoms with Crippen molar-refractivity contribution in [1.82, 2.24) is 19.5 Å². The molecule has 1 atom stereocenters. The summed E-state index contributed by atoms with van der Waals surface area (Å²) in [5.41, 5.74) is 4.93. The van der Waals surface area contributed by atoms with Gasteiger partial charge < -0.3 is 15.2 Å². The molecule has 0 spiro atoms. The summed E-state index contributed by atoms with van der Waals surface area (Å²) < 4.78 is 1.94. The fraction of sp³-hybridized carbons (Fsp3) is 0.182. The predicted octanol–water partition coefficient (Wildman–Crippen LogP) is 4.10. The Hall–Kier alpha value is -3.74. The molecule has 0 bridgehead atoms. The summed E-state index contributed by atoms with van der Waals surface area (Å²) in [5.74, 6) is 0.520. The smallest absolute Gasteiger partial charge is 0.257 e. The molecule has 3 aromatic heterocycles. The Balaban J connectivity index is 1.49. The molecule has 0 aliphatic carbocycles. The Labute approximate surface area is 168 Å². The molecule has 4 aromatic rings. The second-order valence-corrected chi connectivity index (χ2v) is 7.09. The van der Waals surface area contributed by atoms with Gasteiger partial charge in [0.2, 0.25) is 0 Å². The van der Waals surface area contributed by atoms with Crippen molar-refractivity contribution < 1.29 is 4.79 Å². The number of aromatic nitrogens is 4. The summed E-state index contributed by atoms with van der Waals surface area (Å²) in [4.78, 5) is 25.6. The molecule has 29 heavy (non-hydrogen) atoms. The number of benzene rings is 1. The number of aryl methyl sites for hydroxylation is 2. The van der Waals surface area contributed by atoms with E-state index in [4.69, 9.17) is 0 Å². The maximum Gasteiger partial charge on any atom is 0.257 e. The van der Waals surface area contributed by atoms with Gasteiger partial charge >= 0.3 is 0 Å². The van der Waals surface area contributed by atoms with Crippen LogP contribution < -0.4 is 10.6 Å². The van der Waals surface area contributed by atoms with Crippen molar-refractivity contribution in [2.24, 2.45) is 7.05 Å². The first kappa shape index (κ1) is 18.6. The summed E-state index contributed by atoms with van der Waals surface area (Å²) >= 11 is 0. The zero-order valence-corrected chi connectivity index (χ0v) is 16.5. The molecule has 146 valence electrons. The van der Waals surface area contributed by atoms with Crippen LogP contribution in [0.15, 0.2) is 61.2 Å². The van der Waals surface area contributed by atoms with Gasteiger partial charge in [-0.05, 0) is 49.2 Å². The molecule has 0 saturated carbocycles. The SMILES string of the molecule is Cc1cncc(C(=O)Nc2cccc(C(C)Nc3cnc4ccn(C)c4n3)c2)c1. The topological polar surface area (TPSA) is 84.7 Å². The maximum absolute atomic E-state index is 12.5. The van der Waals surface area contributed by atoms with Crippen LogP contribution in [0.2, 0.25) is 0 Å². The lowest BCUT2D eigenvalue weighted by molar-refractivity contribution is 0.102. The summed E-state index contributed by atoms with van der Waals surface area (Å²) in [5, 5.41) is 6.31. The van der Waals surface area contributed by atoms with E-state index in [2.05, 4.69) is 25.6 Å².